The van der Waals surface area contributed by atoms with E-state index in [1.165, 1.54) is 0 Å². The first kappa shape index (κ1) is 11.1. The van der Waals surface area contributed by atoms with Gasteiger partial charge in [-0.25, -0.2) is 4.98 Å². The summed E-state index contributed by atoms with van der Waals surface area (Å²) in [6.45, 7) is 5.91. The van der Waals surface area contributed by atoms with Crippen LogP contribution in [0.5, 0.6) is 0 Å². The maximum absolute atomic E-state index is 11.0. The van der Waals surface area contributed by atoms with Crippen LogP contribution in [-0.4, -0.2) is 11.3 Å². The summed E-state index contributed by atoms with van der Waals surface area (Å²) in [5.41, 5.74) is 4.47. The molecule has 0 aliphatic carbocycles. The zero-order valence-electron chi connectivity index (χ0n) is 9.47. The Morgan fingerprint density at radius 3 is 2.44 bits per heavy atom. The van der Waals surface area contributed by atoms with Gasteiger partial charge in [-0.05, 0) is 37.5 Å². The van der Waals surface area contributed by atoms with Crippen LogP contribution in [0, 0.1) is 20.8 Å². The lowest BCUT2D eigenvalue weighted by molar-refractivity contribution is 0.112. The molecule has 0 aliphatic rings. The molecule has 0 N–H and O–H groups in total. The van der Waals surface area contributed by atoms with Gasteiger partial charge in [-0.3, -0.25) is 4.79 Å². The summed E-state index contributed by atoms with van der Waals surface area (Å²) in [5.74, 6) is 0. The average Bonchev–Trinajstić information content (AvgIpc) is 2.24. The fourth-order valence-electron chi connectivity index (χ4n) is 2.00. The van der Waals surface area contributed by atoms with Crippen LogP contribution in [0.3, 0.4) is 0 Å². The zero-order chi connectivity index (χ0) is 11.9. The van der Waals surface area contributed by atoms with Crippen LogP contribution in [0.2, 0.25) is 5.15 Å². The molecule has 1 heterocycles. The van der Waals surface area contributed by atoms with Crippen molar-refractivity contribution in [1.82, 2.24) is 4.98 Å². The Hall–Kier alpha value is -1.41. The fourth-order valence-corrected chi connectivity index (χ4v) is 2.27. The lowest BCUT2D eigenvalue weighted by atomic mass is 9.99. The lowest BCUT2D eigenvalue weighted by Crippen LogP contribution is -1.97. The lowest BCUT2D eigenvalue weighted by Gasteiger charge is -2.10. The quantitative estimate of drug-likeness (QED) is 0.556. The average molecular weight is 234 g/mol. The number of nitrogens with zero attached hydrogens (tertiary/aromatic N) is 1. The van der Waals surface area contributed by atoms with E-state index in [9.17, 15) is 4.79 Å². The molecule has 3 heteroatoms. The zero-order valence-corrected chi connectivity index (χ0v) is 10.2. The molecule has 0 saturated carbocycles. The summed E-state index contributed by atoms with van der Waals surface area (Å²) < 4.78 is 0. The molecule has 2 rings (SSSR count). The van der Waals surface area contributed by atoms with Crippen molar-refractivity contribution in [3.63, 3.8) is 0 Å². The van der Waals surface area contributed by atoms with Crippen LogP contribution in [-0.2, 0) is 0 Å². The number of hydrogen-bond donors (Lipinski definition) is 0. The summed E-state index contributed by atoms with van der Waals surface area (Å²) in [6.07, 6.45) is 0.770. The third-order valence-electron chi connectivity index (χ3n) is 2.92. The van der Waals surface area contributed by atoms with Crippen LogP contribution < -0.4 is 0 Å². The maximum atomic E-state index is 11.0. The monoisotopic (exact) mass is 233 g/mol. The Kier molecular flexibility index (Phi) is 2.68. The highest BCUT2D eigenvalue weighted by molar-refractivity contribution is 6.32. The number of aryl methyl sites for hydroxylation is 3. The molecule has 0 fully saturated rings. The number of benzene rings is 1. The van der Waals surface area contributed by atoms with Gasteiger partial charge in [-0.1, -0.05) is 23.7 Å². The van der Waals surface area contributed by atoms with E-state index < -0.39 is 0 Å². The summed E-state index contributed by atoms with van der Waals surface area (Å²) in [6, 6.07) is 4.05. The Bertz CT molecular complexity index is 590. The molecule has 0 aliphatic heterocycles. The predicted molar refractivity (Wildman–Crippen MR) is 66.4 cm³/mol. The van der Waals surface area contributed by atoms with Gasteiger partial charge in [0.25, 0.3) is 0 Å². The summed E-state index contributed by atoms with van der Waals surface area (Å²) in [5, 5.41) is 1.32. The van der Waals surface area contributed by atoms with Crippen molar-refractivity contribution in [2.24, 2.45) is 0 Å². The standard InChI is InChI=1S/C13H12ClNO/c1-7-4-5-8(2)12-11(7)9(3)10(6-16)13(14)15-12/h4-6H,1-3H3. The number of hydrogen-bond acceptors (Lipinski definition) is 2. The Balaban J connectivity index is 3.04. The molecule has 0 unspecified atom stereocenters. The summed E-state index contributed by atoms with van der Waals surface area (Å²) in [4.78, 5) is 15.3. The van der Waals surface area contributed by atoms with Crippen LogP contribution in [0.1, 0.15) is 27.0 Å². The molecule has 0 bridgehead atoms. The van der Waals surface area contributed by atoms with Gasteiger partial charge >= 0.3 is 0 Å². The first-order chi connectivity index (χ1) is 7.56. The van der Waals surface area contributed by atoms with Crippen molar-refractivity contribution < 1.29 is 4.79 Å². The number of halogens is 1. The first-order valence-electron chi connectivity index (χ1n) is 5.07. The first-order valence-corrected chi connectivity index (χ1v) is 5.45. The highest BCUT2D eigenvalue weighted by atomic mass is 35.5. The van der Waals surface area contributed by atoms with E-state index in [0.717, 1.165) is 33.9 Å². The molecule has 0 amide bonds. The number of aldehydes is 1. The SMILES string of the molecule is Cc1ccc(C)c2c(C)c(C=O)c(Cl)nc12. The highest BCUT2D eigenvalue weighted by Gasteiger charge is 2.12. The van der Waals surface area contributed by atoms with E-state index in [1.54, 1.807) is 0 Å². The van der Waals surface area contributed by atoms with E-state index in [2.05, 4.69) is 4.98 Å². The normalized spacial score (nSPS) is 10.8. The molecule has 0 saturated heterocycles. The van der Waals surface area contributed by atoms with E-state index in [0.29, 0.717) is 5.56 Å². The molecular weight excluding hydrogens is 222 g/mol. The van der Waals surface area contributed by atoms with Crippen molar-refractivity contribution in [2.75, 3.05) is 0 Å². The molecule has 0 atom stereocenters. The van der Waals surface area contributed by atoms with Gasteiger partial charge in [-0.15, -0.1) is 0 Å². The van der Waals surface area contributed by atoms with E-state index in [4.69, 9.17) is 11.6 Å². The van der Waals surface area contributed by atoms with E-state index >= 15 is 0 Å². The minimum absolute atomic E-state index is 0.286. The molecule has 2 aromatic rings. The second-order valence-corrected chi connectivity index (χ2v) is 4.34. The molecule has 16 heavy (non-hydrogen) atoms. The minimum Gasteiger partial charge on any atom is -0.298 e. The van der Waals surface area contributed by atoms with Crippen LogP contribution in [0.15, 0.2) is 12.1 Å². The van der Waals surface area contributed by atoms with Crippen molar-refractivity contribution in [1.29, 1.82) is 0 Å². The highest BCUT2D eigenvalue weighted by Crippen LogP contribution is 2.29. The Labute approximate surface area is 99.3 Å². The minimum atomic E-state index is 0.286. The molecular formula is C13H12ClNO. The smallest absolute Gasteiger partial charge is 0.153 e. The van der Waals surface area contributed by atoms with Crippen molar-refractivity contribution in [3.05, 3.63) is 39.5 Å². The van der Waals surface area contributed by atoms with E-state index in [-0.39, 0.29) is 5.15 Å². The van der Waals surface area contributed by atoms with E-state index in [1.807, 2.05) is 32.9 Å². The van der Waals surface area contributed by atoms with Gasteiger partial charge < -0.3 is 0 Å². The van der Waals surface area contributed by atoms with Crippen molar-refractivity contribution >= 4 is 28.8 Å². The van der Waals surface area contributed by atoms with Crippen molar-refractivity contribution in [2.45, 2.75) is 20.8 Å². The number of carbonyl (C=O) groups is 1. The Morgan fingerprint density at radius 2 is 1.81 bits per heavy atom. The third-order valence-corrected chi connectivity index (χ3v) is 3.21. The molecule has 2 nitrogen and oxygen atoms in total. The molecule has 82 valence electrons. The van der Waals surface area contributed by atoms with Gasteiger partial charge in [0, 0.05) is 5.39 Å². The molecule has 0 radical (unpaired) electrons. The van der Waals surface area contributed by atoms with Gasteiger partial charge in [0.2, 0.25) is 0 Å². The van der Waals surface area contributed by atoms with Crippen LogP contribution in [0.25, 0.3) is 10.9 Å². The van der Waals surface area contributed by atoms with Gasteiger partial charge in [0.15, 0.2) is 6.29 Å². The number of pyridine rings is 1. The van der Waals surface area contributed by atoms with Crippen LogP contribution in [0.4, 0.5) is 0 Å². The van der Waals surface area contributed by atoms with Gasteiger partial charge in [0.1, 0.15) is 5.15 Å². The number of aromatic nitrogens is 1. The summed E-state index contributed by atoms with van der Waals surface area (Å²) in [7, 11) is 0. The van der Waals surface area contributed by atoms with Crippen molar-refractivity contribution in [3.8, 4) is 0 Å². The summed E-state index contributed by atoms with van der Waals surface area (Å²) >= 11 is 5.99. The second kappa shape index (κ2) is 3.87. The maximum Gasteiger partial charge on any atom is 0.153 e. The van der Waals surface area contributed by atoms with Gasteiger partial charge in [0.05, 0.1) is 11.1 Å². The Morgan fingerprint density at radius 1 is 1.19 bits per heavy atom. The third kappa shape index (κ3) is 1.50. The number of rotatable bonds is 1. The molecule has 1 aromatic carbocycles. The largest absolute Gasteiger partial charge is 0.298 e. The van der Waals surface area contributed by atoms with Gasteiger partial charge in [-0.2, -0.15) is 0 Å². The molecule has 0 spiro atoms. The number of fused-ring (bicyclic) bond motifs is 1. The fraction of sp³-hybridized carbons (Fsp3) is 0.231. The second-order valence-electron chi connectivity index (χ2n) is 3.98. The predicted octanol–water partition coefficient (Wildman–Crippen LogP) is 3.63. The molecule has 1 aromatic heterocycles. The topological polar surface area (TPSA) is 30.0 Å². The van der Waals surface area contributed by atoms with Crippen LogP contribution >= 0.6 is 11.6 Å². The number of carbonyl (C=O) groups excluding carboxylic acids is 1.